The van der Waals surface area contributed by atoms with E-state index < -0.39 is 11.9 Å². The molecule has 0 aliphatic heterocycles. The minimum atomic E-state index is -0.615. The zero-order chi connectivity index (χ0) is 15.8. The summed E-state index contributed by atoms with van der Waals surface area (Å²) in [5, 5.41) is 0. The van der Waals surface area contributed by atoms with Crippen LogP contribution in [0.15, 0.2) is 29.8 Å². The molecule has 0 heterocycles. The molecule has 0 aliphatic rings. The maximum Gasteiger partial charge on any atom is 0.334 e. The molecule has 0 radical (unpaired) electrons. The Morgan fingerprint density at radius 2 is 1.67 bits per heavy atom. The van der Waals surface area contributed by atoms with Crippen molar-refractivity contribution in [3.63, 3.8) is 0 Å². The minimum absolute atomic E-state index is 0.191. The summed E-state index contributed by atoms with van der Waals surface area (Å²) in [4.78, 5) is 23.0. The van der Waals surface area contributed by atoms with Gasteiger partial charge in [0, 0.05) is 18.1 Å². The Balaban J connectivity index is 3.06. The molecule has 21 heavy (non-hydrogen) atoms. The Bertz CT molecular complexity index is 547. The summed E-state index contributed by atoms with van der Waals surface area (Å²) < 4.78 is 19.5. The summed E-state index contributed by atoms with van der Waals surface area (Å²) in [6, 6.07) is 5.23. The second-order valence-corrected chi connectivity index (χ2v) is 4.05. The third kappa shape index (κ3) is 4.52. The van der Waals surface area contributed by atoms with Crippen molar-refractivity contribution in [1.29, 1.82) is 0 Å². The molecule has 0 fully saturated rings. The van der Waals surface area contributed by atoms with Gasteiger partial charge in [0.2, 0.25) is 0 Å². The molecule has 0 bridgehead atoms. The fourth-order valence-corrected chi connectivity index (χ4v) is 1.72. The zero-order valence-electron chi connectivity index (χ0n) is 12.5. The van der Waals surface area contributed by atoms with Gasteiger partial charge < -0.3 is 18.9 Å². The molecular weight excluding hydrogens is 276 g/mol. The number of benzene rings is 1. The number of hydrogen-bond acceptors (Lipinski definition) is 6. The van der Waals surface area contributed by atoms with E-state index in [-0.39, 0.29) is 12.0 Å². The van der Waals surface area contributed by atoms with Crippen molar-refractivity contribution in [2.45, 2.75) is 6.42 Å². The first-order valence-electron chi connectivity index (χ1n) is 6.13. The highest BCUT2D eigenvalue weighted by Crippen LogP contribution is 2.28. The molecule has 0 aliphatic carbocycles. The van der Waals surface area contributed by atoms with Crippen LogP contribution in [0.4, 0.5) is 0 Å². The van der Waals surface area contributed by atoms with E-state index in [4.69, 9.17) is 9.47 Å². The van der Waals surface area contributed by atoms with Gasteiger partial charge >= 0.3 is 11.9 Å². The van der Waals surface area contributed by atoms with E-state index in [1.54, 1.807) is 18.2 Å². The number of carbonyl (C=O) groups excluding carboxylic acids is 2. The van der Waals surface area contributed by atoms with Gasteiger partial charge in [-0.15, -0.1) is 0 Å². The number of esters is 2. The van der Waals surface area contributed by atoms with Crippen molar-refractivity contribution in [2.24, 2.45) is 0 Å². The first-order valence-corrected chi connectivity index (χ1v) is 6.13. The summed E-state index contributed by atoms with van der Waals surface area (Å²) in [5.74, 6) is -0.0823. The smallest absolute Gasteiger partial charge is 0.334 e. The molecule has 0 saturated heterocycles. The fraction of sp³-hybridized carbons (Fsp3) is 0.333. The van der Waals surface area contributed by atoms with E-state index >= 15 is 0 Å². The van der Waals surface area contributed by atoms with E-state index in [9.17, 15) is 9.59 Å². The molecule has 1 aromatic rings. The van der Waals surface area contributed by atoms with Crippen molar-refractivity contribution >= 4 is 11.9 Å². The molecule has 6 nitrogen and oxygen atoms in total. The highest BCUT2D eigenvalue weighted by atomic mass is 16.5. The van der Waals surface area contributed by atoms with Gasteiger partial charge in [-0.1, -0.05) is 6.07 Å². The standard InChI is InChI=1S/C15H18O6/c1-18-12-6-5-10(8-13(12)19-2)7-11(15(17)21-4)9-14(16)20-3/h5-6,8-9H,7H2,1-4H3/b11-9-. The number of rotatable bonds is 6. The van der Waals surface area contributed by atoms with E-state index in [2.05, 4.69) is 9.47 Å². The highest BCUT2D eigenvalue weighted by Gasteiger charge is 2.14. The summed E-state index contributed by atoms with van der Waals surface area (Å²) >= 11 is 0. The van der Waals surface area contributed by atoms with Gasteiger partial charge in [0.25, 0.3) is 0 Å². The molecule has 0 amide bonds. The lowest BCUT2D eigenvalue weighted by Crippen LogP contribution is -2.10. The molecule has 0 aromatic heterocycles. The van der Waals surface area contributed by atoms with Gasteiger partial charge in [-0.2, -0.15) is 0 Å². The van der Waals surface area contributed by atoms with Crippen molar-refractivity contribution in [3.05, 3.63) is 35.4 Å². The Labute approximate surface area is 123 Å². The Kier molecular flexibility index (Phi) is 6.26. The molecule has 0 spiro atoms. The quantitative estimate of drug-likeness (QED) is 0.585. The van der Waals surface area contributed by atoms with Gasteiger partial charge in [-0.3, -0.25) is 0 Å². The van der Waals surface area contributed by atoms with Crippen LogP contribution in [0.3, 0.4) is 0 Å². The average Bonchev–Trinajstić information content (AvgIpc) is 2.52. The minimum Gasteiger partial charge on any atom is -0.493 e. The fourth-order valence-electron chi connectivity index (χ4n) is 1.72. The van der Waals surface area contributed by atoms with Crippen LogP contribution in [-0.4, -0.2) is 40.4 Å². The van der Waals surface area contributed by atoms with Gasteiger partial charge in [0.15, 0.2) is 11.5 Å². The van der Waals surface area contributed by atoms with E-state index in [1.165, 1.54) is 28.4 Å². The van der Waals surface area contributed by atoms with E-state index in [0.29, 0.717) is 11.5 Å². The number of methoxy groups -OCH3 is 4. The monoisotopic (exact) mass is 294 g/mol. The highest BCUT2D eigenvalue weighted by molar-refractivity contribution is 5.96. The van der Waals surface area contributed by atoms with Crippen molar-refractivity contribution in [3.8, 4) is 11.5 Å². The van der Waals surface area contributed by atoms with E-state index in [0.717, 1.165) is 11.6 Å². The molecule has 1 rings (SSSR count). The Morgan fingerprint density at radius 3 is 2.19 bits per heavy atom. The summed E-state index contributed by atoms with van der Waals surface area (Å²) in [7, 11) is 5.55. The Morgan fingerprint density at radius 1 is 1.00 bits per heavy atom. The van der Waals surface area contributed by atoms with Crippen LogP contribution in [0.25, 0.3) is 0 Å². The van der Waals surface area contributed by atoms with Crippen LogP contribution in [-0.2, 0) is 25.5 Å². The predicted octanol–water partition coefficient (Wildman–Crippen LogP) is 1.52. The molecule has 0 atom stereocenters. The second-order valence-electron chi connectivity index (χ2n) is 4.05. The molecule has 0 saturated carbocycles. The van der Waals surface area contributed by atoms with Gasteiger partial charge in [0.05, 0.1) is 28.4 Å². The van der Waals surface area contributed by atoms with Crippen LogP contribution in [0, 0.1) is 0 Å². The van der Waals surface area contributed by atoms with Crippen LogP contribution < -0.4 is 9.47 Å². The van der Waals surface area contributed by atoms with Crippen molar-refractivity contribution in [1.82, 2.24) is 0 Å². The molecule has 0 unspecified atom stereocenters. The largest absolute Gasteiger partial charge is 0.493 e. The molecule has 6 heteroatoms. The molecule has 0 N–H and O–H groups in total. The van der Waals surface area contributed by atoms with Crippen molar-refractivity contribution < 1.29 is 28.5 Å². The van der Waals surface area contributed by atoms with Crippen LogP contribution in [0.2, 0.25) is 0 Å². The zero-order valence-corrected chi connectivity index (χ0v) is 12.5. The Hall–Kier alpha value is -2.50. The lowest BCUT2D eigenvalue weighted by molar-refractivity contribution is -0.138. The third-order valence-electron chi connectivity index (χ3n) is 2.78. The first-order chi connectivity index (χ1) is 10.0. The van der Waals surface area contributed by atoms with E-state index in [1.807, 2.05) is 0 Å². The molecule has 1 aromatic carbocycles. The predicted molar refractivity (Wildman–Crippen MR) is 75.4 cm³/mol. The topological polar surface area (TPSA) is 71.1 Å². The van der Waals surface area contributed by atoms with Gasteiger partial charge in [-0.05, 0) is 17.7 Å². The average molecular weight is 294 g/mol. The number of ether oxygens (including phenoxy) is 4. The van der Waals surface area contributed by atoms with Gasteiger partial charge in [0.1, 0.15) is 0 Å². The summed E-state index contributed by atoms with van der Waals surface area (Å²) in [5.41, 5.74) is 0.963. The van der Waals surface area contributed by atoms with Crippen LogP contribution >= 0.6 is 0 Å². The maximum absolute atomic E-state index is 11.7. The summed E-state index contributed by atoms with van der Waals surface area (Å²) in [6.45, 7) is 0. The molecule has 114 valence electrons. The lowest BCUT2D eigenvalue weighted by Gasteiger charge is -2.10. The number of carbonyl (C=O) groups is 2. The van der Waals surface area contributed by atoms with Crippen LogP contribution in [0.5, 0.6) is 11.5 Å². The van der Waals surface area contributed by atoms with Crippen LogP contribution in [0.1, 0.15) is 5.56 Å². The maximum atomic E-state index is 11.7. The normalized spacial score (nSPS) is 10.8. The second kappa shape index (κ2) is 7.94. The number of hydrogen-bond donors (Lipinski definition) is 0. The SMILES string of the molecule is COC(=O)/C=C(/Cc1ccc(OC)c(OC)c1)C(=O)OC. The first kappa shape index (κ1) is 16.6. The molecular formula is C15H18O6. The third-order valence-corrected chi connectivity index (χ3v) is 2.78. The van der Waals surface area contributed by atoms with Crippen molar-refractivity contribution in [2.75, 3.05) is 28.4 Å². The summed E-state index contributed by atoms with van der Waals surface area (Å²) in [6.07, 6.45) is 1.32. The van der Waals surface area contributed by atoms with Gasteiger partial charge in [-0.25, -0.2) is 9.59 Å². The lowest BCUT2D eigenvalue weighted by atomic mass is 10.0.